The number of nitrogens with one attached hydrogen (secondary N) is 1. The van der Waals surface area contributed by atoms with Crippen LogP contribution in [-0.2, 0) is 22.7 Å². The molecular formula is C15H21NO4. The molecule has 1 aromatic rings. The lowest BCUT2D eigenvalue weighted by Crippen LogP contribution is -2.29. The summed E-state index contributed by atoms with van der Waals surface area (Å²) < 4.78 is 0. The molecule has 1 aromatic carbocycles. The van der Waals surface area contributed by atoms with E-state index in [0.29, 0.717) is 6.54 Å². The summed E-state index contributed by atoms with van der Waals surface area (Å²) >= 11 is 0. The van der Waals surface area contributed by atoms with Gasteiger partial charge in [-0.05, 0) is 16.5 Å². The van der Waals surface area contributed by atoms with Crippen molar-refractivity contribution in [2.75, 3.05) is 0 Å². The van der Waals surface area contributed by atoms with Crippen molar-refractivity contribution in [1.29, 1.82) is 0 Å². The van der Waals surface area contributed by atoms with Gasteiger partial charge in [-0.15, -0.1) is 0 Å². The van der Waals surface area contributed by atoms with Crippen LogP contribution >= 0.6 is 0 Å². The zero-order chi connectivity index (χ0) is 15.2. The molecule has 1 amide bonds. The van der Waals surface area contributed by atoms with Crippen LogP contribution in [0.4, 0.5) is 0 Å². The lowest BCUT2D eigenvalue weighted by atomic mass is 9.85. The monoisotopic (exact) mass is 279 g/mol. The van der Waals surface area contributed by atoms with Crippen molar-refractivity contribution in [1.82, 2.24) is 5.32 Å². The number of amides is 1. The summed E-state index contributed by atoms with van der Waals surface area (Å²) in [5.41, 5.74) is 1.13. The van der Waals surface area contributed by atoms with Crippen molar-refractivity contribution in [3.8, 4) is 0 Å². The van der Waals surface area contributed by atoms with Gasteiger partial charge in [-0.3, -0.25) is 9.59 Å². The van der Waals surface area contributed by atoms with Gasteiger partial charge < -0.3 is 15.5 Å². The predicted octanol–water partition coefficient (Wildman–Crippen LogP) is 1.69. The Morgan fingerprint density at radius 1 is 1.20 bits per heavy atom. The third kappa shape index (κ3) is 5.84. The second-order valence-corrected chi connectivity index (χ2v) is 5.67. The van der Waals surface area contributed by atoms with E-state index in [-0.39, 0.29) is 25.4 Å². The van der Waals surface area contributed by atoms with Gasteiger partial charge in [0.1, 0.15) is 0 Å². The van der Waals surface area contributed by atoms with Gasteiger partial charge in [-0.2, -0.15) is 0 Å². The highest BCUT2D eigenvalue weighted by atomic mass is 16.4. The Labute approximate surface area is 118 Å². The molecule has 20 heavy (non-hydrogen) atoms. The lowest BCUT2D eigenvalue weighted by molar-refractivity contribution is -0.139. The summed E-state index contributed by atoms with van der Waals surface area (Å²) in [5, 5.41) is 20.6. The molecule has 5 nitrogen and oxygen atoms in total. The molecule has 5 heteroatoms. The number of carbonyl (C=O) groups excluding carboxylic acids is 1. The number of carboxylic acid groups (broad SMARTS) is 1. The Balaban J connectivity index is 2.48. The highest BCUT2D eigenvalue weighted by molar-refractivity contribution is 5.77. The normalized spacial score (nSPS) is 11.2. The van der Waals surface area contributed by atoms with Gasteiger partial charge in [0.15, 0.2) is 0 Å². The van der Waals surface area contributed by atoms with Crippen LogP contribution in [0.5, 0.6) is 0 Å². The quantitative estimate of drug-likeness (QED) is 0.709. The maximum absolute atomic E-state index is 11.8. The summed E-state index contributed by atoms with van der Waals surface area (Å²) in [6, 6.07) is 7.31. The first kappa shape index (κ1) is 16.2. The molecule has 110 valence electrons. The van der Waals surface area contributed by atoms with Gasteiger partial charge >= 0.3 is 5.97 Å². The number of carboxylic acids is 1. The van der Waals surface area contributed by atoms with E-state index in [2.05, 4.69) is 5.32 Å². The van der Waals surface area contributed by atoms with Crippen LogP contribution < -0.4 is 5.32 Å². The van der Waals surface area contributed by atoms with Crippen molar-refractivity contribution in [2.45, 2.75) is 39.8 Å². The average Bonchev–Trinajstić information content (AvgIpc) is 2.34. The van der Waals surface area contributed by atoms with Crippen molar-refractivity contribution >= 4 is 11.9 Å². The van der Waals surface area contributed by atoms with Crippen molar-refractivity contribution in [3.05, 3.63) is 35.4 Å². The van der Waals surface area contributed by atoms with Crippen molar-refractivity contribution in [3.63, 3.8) is 0 Å². The van der Waals surface area contributed by atoms with Crippen LogP contribution in [0, 0.1) is 5.41 Å². The molecule has 0 radical (unpaired) electrons. The number of hydrogen-bond acceptors (Lipinski definition) is 3. The highest BCUT2D eigenvalue weighted by Gasteiger charge is 2.24. The van der Waals surface area contributed by atoms with Gasteiger partial charge in [0.25, 0.3) is 0 Å². The zero-order valence-corrected chi connectivity index (χ0v) is 11.8. The first-order valence-corrected chi connectivity index (χ1v) is 6.49. The summed E-state index contributed by atoms with van der Waals surface area (Å²) in [4.78, 5) is 22.5. The molecule has 0 heterocycles. The number of benzene rings is 1. The van der Waals surface area contributed by atoms with E-state index in [9.17, 15) is 9.59 Å². The standard InChI is InChI=1S/C15H21NO4/c1-15(2,8-14(19)20)7-13(18)16-9-11-4-3-5-12(6-11)10-17/h3-6,17H,7-10H2,1-2H3,(H,16,18)(H,19,20). The van der Waals surface area contributed by atoms with Gasteiger partial charge in [0, 0.05) is 13.0 Å². The van der Waals surface area contributed by atoms with Gasteiger partial charge in [0.2, 0.25) is 5.91 Å². The van der Waals surface area contributed by atoms with E-state index in [1.165, 1.54) is 0 Å². The van der Waals surface area contributed by atoms with Gasteiger partial charge in [-0.1, -0.05) is 38.1 Å². The van der Waals surface area contributed by atoms with Crippen LogP contribution in [0.25, 0.3) is 0 Å². The van der Waals surface area contributed by atoms with E-state index in [0.717, 1.165) is 11.1 Å². The van der Waals surface area contributed by atoms with Crippen LogP contribution in [0.2, 0.25) is 0 Å². The molecule has 1 rings (SSSR count). The zero-order valence-electron chi connectivity index (χ0n) is 11.8. The molecule has 0 bridgehead atoms. The molecule has 0 saturated heterocycles. The average molecular weight is 279 g/mol. The molecule has 0 saturated carbocycles. The largest absolute Gasteiger partial charge is 0.481 e. The Morgan fingerprint density at radius 2 is 1.85 bits per heavy atom. The Hall–Kier alpha value is -1.88. The van der Waals surface area contributed by atoms with E-state index < -0.39 is 11.4 Å². The first-order valence-electron chi connectivity index (χ1n) is 6.49. The second kappa shape index (κ2) is 7.05. The van der Waals surface area contributed by atoms with E-state index in [1.807, 2.05) is 18.2 Å². The summed E-state index contributed by atoms with van der Waals surface area (Å²) in [6.45, 7) is 3.85. The Kier molecular flexibility index (Phi) is 5.70. The van der Waals surface area contributed by atoms with E-state index in [4.69, 9.17) is 10.2 Å². The van der Waals surface area contributed by atoms with Crippen molar-refractivity contribution < 1.29 is 19.8 Å². The summed E-state index contributed by atoms with van der Waals surface area (Å²) in [7, 11) is 0. The maximum Gasteiger partial charge on any atom is 0.303 e. The molecule has 0 atom stereocenters. The number of hydrogen-bond donors (Lipinski definition) is 3. The van der Waals surface area contributed by atoms with Crippen LogP contribution in [0.3, 0.4) is 0 Å². The van der Waals surface area contributed by atoms with Crippen LogP contribution in [0.15, 0.2) is 24.3 Å². The minimum atomic E-state index is -0.904. The SMILES string of the molecule is CC(C)(CC(=O)O)CC(=O)NCc1cccc(CO)c1. The molecule has 0 spiro atoms. The fourth-order valence-corrected chi connectivity index (χ4v) is 2.01. The molecule has 0 aliphatic heterocycles. The lowest BCUT2D eigenvalue weighted by Gasteiger charge is -2.21. The maximum atomic E-state index is 11.8. The topological polar surface area (TPSA) is 86.6 Å². The summed E-state index contributed by atoms with van der Waals surface area (Å²) in [5.74, 6) is -1.08. The van der Waals surface area contributed by atoms with Crippen molar-refractivity contribution in [2.24, 2.45) is 5.41 Å². The molecular weight excluding hydrogens is 258 g/mol. The van der Waals surface area contributed by atoms with Gasteiger partial charge in [0.05, 0.1) is 13.0 Å². The second-order valence-electron chi connectivity index (χ2n) is 5.67. The third-order valence-electron chi connectivity index (χ3n) is 2.93. The number of aliphatic carboxylic acids is 1. The minimum absolute atomic E-state index is 0.0343. The predicted molar refractivity (Wildman–Crippen MR) is 74.9 cm³/mol. The minimum Gasteiger partial charge on any atom is -0.481 e. The van der Waals surface area contributed by atoms with Crippen LogP contribution in [0.1, 0.15) is 37.8 Å². The number of rotatable bonds is 7. The molecule has 0 fully saturated rings. The molecule has 3 N–H and O–H groups in total. The molecule has 0 aromatic heterocycles. The van der Waals surface area contributed by atoms with E-state index >= 15 is 0 Å². The number of aliphatic hydroxyl groups is 1. The first-order chi connectivity index (χ1) is 9.32. The Bertz CT molecular complexity index is 483. The highest BCUT2D eigenvalue weighted by Crippen LogP contribution is 2.24. The van der Waals surface area contributed by atoms with E-state index in [1.54, 1.807) is 19.9 Å². The third-order valence-corrected chi connectivity index (χ3v) is 2.93. The fraction of sp³-hybridized carbons (Fsp3) is 0.467. The van der Waals surface area contributed by atoms with Crippen LogP contribution in [-0.4, -0.2) is 22.1 Å². The summed E-state index contributed by atoms with van der Waals surface area (Å²) in [6.07, 6.45) is 0.124. The number of aliphatic hydroxyl groups excluding tert-OH is 1. The molecule has 0 unspecified atom stereocenters. The smallest absolute Gasteiger partial charge is 0.303 e. The fourth-order valence-electron chi connectivity index (χ4n) is 2.01. The molecule has 0 aliphatic carbocycles. The van der Waals surface area contributed by atoms with Gasteiger partial charge in [-0.25, -0.2) is 0 Å². The number of carbonyl (C=O) groups is 2. The molecule has 0 aliphatic rings. The Morgan fingerprint density at radius 3 is 2.45 bits per heavy atom.